The van der Waals surface area contributed by atoms with Gasteiger partial charge in [-0.2, -0.15) is 5.10 Å². The predicted octanol–water partition coefficient (Wildman–Crippen LogP) is 0.863. The Balaban J connectivity index is 1.78. The third kappa shape index (κ3) is 4.14. The lowest BCUT2D eigenvalue weighted by Crippen LogP contribution is -2.33. The molecule has 1 aliphatic rings. The molecule has 5 nitrogen and oxygen atoms in total. The number of piperidine rings is 1. The summed E-state index contributed by atoms with van der Waals surface area (Å²) in [5.74, 6) is 0.129. The lowest BCUT2D eigenvalue weighted by molar-refractivity contribution is -0.125. The van der Waals surface area contributed by atoms with Crippen LogP contribution in [0, 0.1) is 0 Å². The number of nitrogens with zero attached hydrogens (tertiary/aromatic N) is 2. The van der Waals surface area contributed by atoms with Crippen molar-refractivity contribution >= 4 is 5.78 Å². The molecule has 106 valence electrons. The molecule has 2 rings (SSSR count). The third-order valence-corrected chi connectivity index (χ3v) is 3.53. The Morgan fingerprint density at radius 1 is 1.53 bits per heavy atom. The van der Waals surface area contributed by atoms with Gasteiger partial charge in [0.15, 0.2) is 5.78 Å². The number of aromatic nitrogens is 2. The molecule has 0 unspecified atom stereocenters. The van der Waals surface area contributed by atoms with Crippen molar-refractivity contribution in [3.63, 3.8) is 0 Å². The Morgan fingerprint density at radius 3 is 2.89 bits per heavy atom. The molecular weight excluding hydrogens is 242 g/mol. The lowest BCUT2D eigenvalue weighted by atomic mass is 10.1. The second-order valence-electron chi connectivity index (χ2n) is 5.08. The van der Waals surface area contributed by atoms with E-state index in [0.717, 1.165) is 43.7 Å². The fourth-order valence-corrected chi connectivity index (χ4v) is 2.34. The van der Waals surface area contributed by atoms with E-state index in [1.54, 1.807) is 4.68 Å². The van der Waals surface area contributed by atoms with Gasteiger partial charge in [-0.25, -0.2) is 0 Å². The molecule has 0 radical (unpaired) electrons. The highest BCUT2D eigenvalue weighted by molar-refractivity contribution is 5.81. The van der Waals surface area contributed by atoms with Gasteiger partial charge in [0.1, 0.15) is 6.61 Å². The first-order valence-corrected chi connectivity index (χ1v) is 7.05. The van der Waals surface area contributed by atoms with Crippen LogP contribution in [0.3, 0.4) is 0 Å². The maximum atomic E-state index is 11.9. The SMILES string of the molecule is CCc1cc(CC(=O)COC2CCNCC2)n(C)n1. The van der Waals surface area contributed by atoms with E-state index >= 15 is 0 Å². The van der Waals surface area contributed by atoms with Crippen LogP contribution in [0.5, 0.6) is 0 Å². The number of aryl methyl sites for hydroxylation is 2. The highest BCUT2D eigenvalue weighted by atomic mass is 16.5. The zero-order chi connectivity index (χ0) is 13.7. The fourth-order valence-electron chi connectivity index (χ4n) is 2.34. The summed E-state index contributed by atoms with van der Waals surface area (Å²) < 4.78 is 7.46. The Kier molecular flexibility index (Phi) is 5.10. The van der Waals surface area contributed by atoms with E-state index in [0.29, 0.717) is 6.42 Å². The summed E-state index contributed by atoms with van der Waals surface area (Å²) in [4.78, 5) is 11.9. The molecule has 1 N–H and O–H groups in total. The van der Waals surface area contributed by atoms with Crippen LogP contribution in [0.4, 0.5) is 0 Å². The first-order chi connectivity index (χ1) is 9.19. The van der Waals surface area contributed by atoms with E-state index in [1.807, 2.05) is 13.1 Å². The summed E-state index contributed by atoms with van der Waals surface area (Å²) in [5, 5.41) is 7.63. The van der Waals surface area contributed by atoms with Crippen molar-refractivity contribution in [1.82, 2.24) is 15.1 Å². The molecule has 0 bridgehead atoms. The average molecular weight is 265 g/mol. The predicted molar refractivity (Wildman–Crippen MR) is 73.1 cm³/mol. The Bertz CT molecular complexity index is 422. The van der Waals surface area contributed by atoms with Crippen LogP contribution >= 0.6 is 0 Å². The van der Waals surface area contributed by atoms with Gasteiger partial charge in [-0.15, -0.1) is 0 Å². The van der Waals surface area contributed by atoms with Gasteiger partial charge in [-0.3, -0.25) is 9.48 Å². The molecule has 0 aromatic carbocycles. The summed E-state index contributed by atoms with van der Waals surface area (Å²) in [6.45, 7) is 4.26. The van der Waals surface area contributed by atoms with E-state index in [9.17, 15) is 4.79 Å². The van der Waals surface area contributed by atoms with Gasteiger partial charge in [0.2, 0.25) is 0 Å². The van der Waals surface area contributed by atoms with Gasteiger partial charge in [0.25, 0.3) is 0 Å². The Hall–Kier alpha value is -1.20. The number of hydrogen-bond donors (Lipinski definition) is 1. The zero-order valence-electron chi connectivity index (χ0n) is 11.8. The highest BCUT2D eigenvalue weighted by Gasteiger charge is 2.16. The number of nitrogens with one attached hydrogen (secondary N) is 1. The molecule has 19 heavy (non-hydrogen) atoms. The van der Waals surface area contributed by atoms with Crippen molar-refractivity contribution in [1.29, 1.82) is 0 Å². The van der Waals surface area contributed by atoms with Crippen molar-refractivity contribution in [3.8, 4) is 0 Å². The maximum absolute atomic E-state index is 11.9. The summed E-state index contributed by atoms with van der Waals surface area (Å²) >= 11 is 0. The lowest BCUT2D eigenvalue weighted by Gasteiger charge is -2.22. The van der Waals surface area contributed by atoms with Crippen LogP contribution in [0.15, 0.2) is 6.07 Å². The number of hydrogen-bond acceptors (Lipinski definition) is 4. The van der Waals surface area contributed by atoms with Gasteiger partial charge in [0.05, 0.1) is 18.2 Å². The topological polar surface area (TPSA) is 56.1 Å². The summed E-state index contributed by atoms with van der Waals surface area (Å²) in [5.41, 5.74) is 2.00. The van der Waals surface area contributed by atoms with E-state index < -0.39 is 0 Å². The molecule has 1 fully saturated rings. The van der Waals surface area contributed by atoms with Crippen LogP contribution in [-0.4, -0.2) is 41.4 Å². The molecule has 1 saturated heterocycles. The normalized spacial score (nSPS) is 16.7. The molecule has 0 spiro atoms. The molecule has 5 heteroatoms. The molecule has 1 aliphatic heterocycles. The van der Waals surface area contributed by atoms with Gasteiger partial charge in [-0.05, 0) is 38.4 Å². The van der Waals surface area contributed by atoms with Crippen molar-refractivity contribution in [2.45, 2.75) is 38.7 Å². The zero-order valence-corrected chi connectivity index (χ0v) is 11.8. The first-order valence-electron chi connectivity index (χ1n) is 7.05. The average Bonchev–Trinajstić information content (AvgIpc) is 2.78. The molecule has 0 amide bonds. The minimum absolute atomic E-state index is 0.129. The van der Waals surface area contributed by atoms with Crippen molar-refractivity contribution in [2.24, 2.45) is 7.05 Å². The summed E-state index contributed by atoms with van der Waals surface area (Å²) in [6, 6.07) is 2.00. The number of carbonyl (C=O) groups is 1. The van der Waals surface area contributed by atoms with Crippen LogP contribution in [0.1, 0.15) is 31.2 Å². The minimum atomic E-state index is 0.129. The van der Waals surface area contributed by atoms with E-state index in [4.69, 9.17) is 4.74 Å². The van der Waals surface area contributed by atoms with Crippen LogP contribution in [0.2, 0.25) is 0 Å². The second-order valence-corrected chi connectivity index (χ2v) is 5.08. The van der Waals surface area contributed by atoms with E-state index in [1.165, 1.54) is 0 Å². The van der Waals surface area contributed by atoms with Crippen LogP contribution in [0.25, 0.3) is 0 Å². The number of ether oxygens (including phenoxy) is 1. The number of Topliss-reactive ketones (excluding diaryl/α,β-unsaturated/α-hetero) is 1. The summed E-state index contributed by atoms with van der Waals surface area (Å²) in [6.07, 6.45) is 3.54. The van der Waals surface area contributed by atoms with Gasteiger partial charge < -0.3 is 10.1 Å². The molecular formula is C14H23N3O2. The number of rotatable bonds is 6. The minimum Gasteiger partial charge on any atom is -0.370 e. The highest BCUT2D eigenvalue weighted by Crippen LogP contribution is 2.09. The van der Waals surface area contributed by atoms with E-state index in [2.05, 4.69) is 17.3 Å². The number of carbonyl (C=O) groups excluding carboxylic acids is 1. The largest absolute Gasteiger partial charge is 0.370 e. The van der Waals surface area contributed by atoms with Crippen LogP contribution in [-0.2, 0) is 29.4 Å². The van der Waals surface area contributed by atoms with Crippen molar-refractivity contribution in [3.05, 3.63) is 17.5 Å². The van der Waals surface area contributed by atoms with Gasteiger partial charge in [0, 0.05) is 12.7 Å². The summed E-state index contributed by atoms with van der Waals surface area (Å²) in [7, 11) is 1.88. The van der Waals surface area contributed by atoms with Gasteiger partial charge >= 0.3 is 0 Å². The van der Waals surface area contributed by atoms with Crippen molar-refractivity contribution < 1.29 is 9.53 Å². The molecule has 1 aromatic rings. The Labute approximate surface area is 114 Å². The van der Waals surface area contributed by atoms with Crippen LogP contribution < -0.4 is 5.32 Å². The third-order valence-electron chi connectivity index (χ3n) is 3.53. The Morgan fingerprint density at radius 2 is 2.26 bits per heavy atom. The smallest absolute Gasteiger partial charge is 0.164 e. The quantitative estimate of drug-likeness (QED) is 0.829. The first kappa shape index (κ1) is 14.2. The monoisotopic (exact) mass is 265 g/mol. The maximum Gasteiger partial charge on any atom is 0.164 e. The number of ketones is 1. The molecule has 0 saturated carbocycles. The second kappa shape index (κ2) is 6.82. The van der Waals surface area contributed by atoms with E-state index in [-0.39, 0.29) is 18.5 Å². The van der Waals surface area contributed by atoms with Crippen molar-refractivity contribution in [2.75, 3.05) is 19.7 Å². The molecule has 0 atom stereocenters. The molecule has 2 heterocycles. The molecule has 0 aliphatic carbocycles. The molecule has 1 aromatic heterocycles. The fraction of sp³-hybridized carbons (Fsp3) is 0.714. The van der Waals surface area contributed by atoms with Gasteiger partial charge in [-0.1, -0.05) is 6.92 Å². The standard InChI is InChI=1S/C14H23N3O2/c1-3-11-8-12(17(2)16-11)9-13(18)10-19-14-4-6-15-7-5-14/h8,14-15H,3-7,9-10H2,1-2H3.